The lowest BCUT2D eigenvalue weighted by molar-refractivity contribution is 0.202. The Labute approximate surface area is 65.7 Å². The van der Waals surface area contributed by atoms with E-state index in [9.17, 15) is 4.79 Å². The van der Waals surface area contributed by atoms with Crippen molar-refractivity contribution in [1.29, 1.82) is 0 Å². The number of carbonyl (C=O) groups is 1. The van der Waals surface area contributed by atoms with E-state index in [1.54, 1.807) is 4.90 Å². The fourth-order valence-corrected chi connectivity index (χ4v) is 2.12. The first-order valence-corrected chi connectivity index (χ1v) is 4.06. The number of primary amides is 1. The van der Waals surface area contributed by atoms with Gasteiger partial charge in [-0.1, -0.05) is 0 Å². The molecule has 2 amide bonds. The molecule has 0 radical (unpaired) electrons. The molecule has 0 unspecified atom stereocenters. The number of carbonyl (C=O) groups excluding carboxylic acids is 1. The SMILES string of the molecule is NC(=O)N1CC[C@H]2CNC[C@H]21. The van der Waals surface area contributed by atoms with Gasteiger partial charge in [-0.3, -0.25) is 0 Å². The van der Waals surface area contributed by atoms with Crippen LogP contribution in [-0.2, 0) is 0 Å². The molecule has 0 aliphatic carbocycles. The van der Waals surface area contributed by atoms with E-state index in [2.05, 4.69) is 5.32 Å². The Morgan fingerprint density at radius 2 is 2.36 bits per heavy atom. The van der Waals surface area contributed by atoms with Crippen LogP contribution in [0.3, 0.4) is 0 Å². The van der Waals surface area contributed by atoms with Crippen molar-refractivity contribution in [2.75, 3.05) is 19.6 Å². The van der Waals surface area contributed by atoms with Crippen LogP contribution in [0.2, 0.25) is 0 Å². The van der Waals surface area contributed by atoms with Gasteiger partial charge < -0.3 is 16.0 Å². The normalized spacial score (nSPS) is 35.8. The number of hydrogen-bond acceptors (Lipinski definition) is 2. The van der Waals surface area contributed by atoms with Crippen molar-refractivity contribution in [2.24, 2.45) is 11.7 Å². The first kappa shape index (κ1) is 6.91. The van der Waals surface area contributed by atoms with Crippen LogP contribution < -0.4 is 11.1 Å². The highest BCUT2D eigenvalue weighted by atomic mass is 16.2. The van der Waals surface area contributed by atoms with Gasteiger partial charge in [0.05, 0.1) is 0 Å². The van der Waals surface area contributed by atoms with Gasteiger partial charge in [0, 0.05) is 25.7 Å². The van der Waals surface area contributed by atoms with Crippen LogP contribution in [0.25, 0.3) is 0 Å². The van der Waals surface area contributed by atoms with Crippen molar-refractivity contribution in [2.45, 2.75) is 12.5 Å². The molecule has 2 heterocycles. The van der Waals surface area contributed by atoms with Crippen LogP contribution >= 0.6 is 0 Å². The largest absolute Gasteiger partial charge is 0.351 e. The van der Waals surface area contributed by atoms with E-state index in [0.29, 0.717) is 12.0 Å². The first-order valence-electron chi connectivity index (χ1n) is 4.06. The summed E-state index contributed by atoms with van der Waals surface area (Å²) >= 11 is 0. The fourth-order valence-electron chi connectivity index (χ4n) is 2.12. The second kappa shape index (κ2) is 2.37. The maximum atomic E-state index is 10.9. The highest BCUT2D eigenvalue weighted by molar-refractivity contribution is 5.72. The number of urea groups is 1. The van der Waals surface area contributed by atoms with Crippen LogP contribution in [-0.4, -0.2) is 36.6 Å². The van der Waals surface area contributed by atoms with E-state index in [1.807, 2.05) is 0 Å². The van der Waals surface area contributed by atoms with E-state index < -0.39 is 0 Å². The number of likely N-dealkylation sites (tertiary alicyclic amines) is 1. The Morgan fingerprint density at radius 3 is 3.09 bits per heavy atom. The molecule has 0 aromatic heterocycles. The van der Waals surface area contributed by atoms with Crippen molar-refractivity contribution >= 4 is 6.03 Å². The third kappa shape index (κ3) is 0.976. The van der Waals surface area contributed by atoms with Gasteiger partial charge in [0.25, 0.3) is 0 Å². The van der Waals surface area contributed by atoms with Crippen molar-refractivity contribution in [1.82, 2.24) is 10.2 Å². The zero-order valence-corrected chi connectivity index (χ0v) is 6.42. The zero-order chi connectivity index (χ0) is 7.84. The standard InChI is InChI=1S/C7H13N3O/c8-7(11)10-2-1-5-3-9-4-6(5)10/h5-6,9H,1-4H2,(H2,8,11)/t5-,6+/m0/s1. The molecule has 2 saturated heterocycles. The molecule has 0 saturated carbocycles. The Hall–Kier alpha value is -0.770. The van der Waals surface area contributed by atoms with Gasteiger partial charge in [-0.05, 0) is 12.3 Å². The summed E-state index contributed by atoms with van der Waals surface area (Å²) in [6.07, 6.45) is 1.11. The Bertz CT molecular complexity index is 183. The summed E-state index contributed by atoms with van der Waals surface area (Å²) in [6, 6.07) is 0.119. The van der Waals surface area contributed by atoms with Crippen LogP contribution in [0.4, 0.5) is 4.79 Å². The minimum atomic E-state index is -0.263. The van der Waals surface area contributed by atoms with Crippen molar-refractivity contribution in [3.63, 3.8) is 0 Å². The minimum Gasteiger partial charge on any atom is -0.351 e. The second-order valence-corrected chi connectivity index (χ2v) is 3.31. The van der Waals surface area contributed by atoms with Gasteiger partial charge in [0.1, 0.15) is 0 Å². The molecule has 2 atom stereocenters. The summed E-state index contributed by atoms with van der Waals surface area (Å²) in [7, 11) is 0. The minimum absolute atomic E-state index is 0.263. The van der Waals surface area contributed by atoms with Gasteiger partial charge in [-0.25, -0.2) is 4.79 Å². The van der Waals surface area contributed by atoms with Gasteiger partial charge >= 0.3 is 6.03 Å². The molecular weight excluding hydrogens is 142 g/mol. The molecule has 0 aromatic carbocycles. The van der Waals surface area contributed by atoms with E-state index in [4.69, 9.17) is 5.73 Å². The Balaban J connectivity index is 2.08. The fraction of sp³-hybridized carbons (Fsp3) is 0.857. The maximum Gasteiger partial charge on any atom is 0.315 e. The van der Waals surface area contributed by atoms with Crippen LogP contribution in [0, 0.1) is 5.92 Å². The monoisotopic (exact) mass is 155 g/mol. The highest BCUT2D eigenvalue weighted by Crippen LogP contribution is 2.26. The molecule has 2 aliphatic rings. The topological polar surface area (TPSA) is 58.4 Å². The lowest BCUT2D eigenvalue weighted by Crippen LogP contribution is -2.42. The van der Waals surface area contributed by atoms with Crippen molar-refractivity contribution in [3.05, 3.63) is 0 Å². The number of fused-ring (bicyclic) bond motifs is 1. The molecule has 0 aromatic rings. The third-order valence-electron chi connectivity index (χ3n) is 2.73. The van der Waals surface area contributed by atoms with Gasteiger partial charge in [0.2, 0.25) is 0 Å². The third-order valence-corrected chi connectivity index (χ3v) is 2.73. The summed E-state index contributed by atoms with van der Waals surface area (Å²) < 4.78 is 0. The number of nitrogens with two attached hydrogens (primary N) is 1. The second-order valence-electron chi connectivity index (χ2n) is 3.31. The quantitative estimate of drug-likeness (QED) is 0.489. The number of nitrogens with zero attached hydrogens (tertiary/aromatic N) is 1. The first-order chi connectivity index (χ1) is 5.29. The molecule has 2 rings (SSSR count). The molecular formula is C7H13N3O. The summed E-state index contributed by atoms with van der Waals surface area (Å²) in [4.78, 5) is 12.6. The van der Waals surface area contributed by atoms with Gasteiger partial charge in [-0.2, -0.15) is 0 Å². The molecule has 2 aliphatic heterocycles. The van der Waals surface area contributed by atoms with Crippen LogP contribution in [0.5, 0.6) is 0 Å². The molecule has 0 spiro atoms. The zero-order valence-electron chi connectivity index (χ0n) is 6.42. The lowest BCUT2D eigenvalue weighted by atomic mass is 10.1. The average Bonchev–Trinajstić information content (AvgIpc) is 2.41. The molecule has 62 valence electrons. The number of nitrogens with one attached hydrogen (secondary N) is 1. The molecule has 2 fully saturated rings. The molecule has 4 nitrogen and oxygen atoms in total. The average molecular weight is 155 g/mol. The van der Waals surface area contributed by atoms with E-state index in [0.717, 1.165) is 26.1 Å². The smallest absolute Gasteiger partial charge is 0.315 e. The summed E-state index contributed by atoms with van der Waals surface area (Å²) in [5, 5.41) is 3.26. The molecule has 0 bridgehead atoms. The van der Waals surface area contributed by atoms with Gasteiger partial charge in [-0.15, -0.1) is 0 Å². The van der Waals surface area contributed by atoms with E-state index in [1.165, 1.54) is 0 Å². The molecule has 3 N–H and O–H groups in total. The summed E-state index contributed by atoms with van der Waals surface area (Å²) in [5.41, 5.74) is 5.21. The van der Waals surface area contributed by atoms with E-state index in [-0.39, 0.29) is 6.03 Å². The lowest BCUT2D eigenvalue weighted by Gasteiger charge is -2.20. The number of amides is 2. The molecule has 11 heavy (non-hydrogen) atoms. The maximum absolute atomic E-state index is 10.9. The predicted molar refractivity (Wildman–Crippen MR) is 41.1 cm³/mol. The number of rotatable bonds is 0. The Morgan fingerprint density at radius 1 is 1.55 bits per heavy atom. The van der Waals surface area contributed by atoms with E-state index >= 15 is 0 Å². The highest BCUT2D eigenvalue weighted by Gasteiger charge is 2.38. The number of hydrogen-bond donors (Lipinski definition) is 2. The van der Waals surface area contributed by atoms with Crippen molar-refractivity contribution < 1.29 is 4.79 Å². The van der Waals surface area contributed by atoms with Gasteiger partial charge in [0.15, 0.2) is 0 Å². The Kier molecular flexibility index (Phi) is 1.49. The van der Waals surface area contributed by atoms with Crippen LogP contribution in [0.15, 0.2) is 0 Å². The van der Waals surface area contributed by atoms with Crippen molar-refractivity contribution in [3.8, 4) is 0 Å². The summed E-state index contributed by atoms with van der Waals surface area (Å²) in [5.74, 6) is 0.655. The predicted octanol–water partition coefficient (Wildman–Crippen LogP) is -0.641. The van der Waals surface area contributed by atoms with Crippen LogP contribution in [0.1, 0.15) is 6.42 Å². The summed E-state index contributed by atoms with van der Waals surface area (Å²) in [6.45, 7) is 2.83. The molecule has 4 heteroatoms.